The molecule has 1 amide bonds. The normalized spacial score (nSPS) is 20.5. The van der Waals surface area contributed by atoms with Gasteiger partial charge in [0.1, 0.15) is 6.04 Å². The lowest BCUT2D eigenvalue weighted by Crippen LogP contribution is -2.47. The van der Waals surface area contributed by atoms with Crippen LogP contribution in [0.5, 0.6) is 0 Å². The van der Waals surface area contributed by atoms with Crippen LogP contribution in [0.2, 0.25) is 0 Å². The van der Waals surface area contributed by atoms with Gasteiger partial charge in [-0.1, -0.05) is 30.3 Å². The van der Waals surface area contributed by atoms with E-state index in [0.29, 0.717) is 25.9 Å². The summed E-state index contributed by atoms with van der Waals surface area (Å²) in [5, 5.41) is 9.86. The maximum atomic E-state index is 12.2. The summed E-state index contributed by atoms with van der Waals surface area (Å²) in [4.78, 5) is 14.0. The Balaban J connectivity index is 2.00. The Hall–Kier alpha value is -1.39. The van der Waals surface area contributed by atoms with Gasteiger partial charge in [-0.2, -0.15) is 0 Å². The number of hydrogen-bond donors (Lipinski definition) is 2. The van der Waals surface area contributed by atoms with Gasteiger partial charge in [0.2, 0.25) is 5.91 Å². The SMILES string of the molecule is CC1(O)CCN(C(=O)C(N)c2ccccc2)CC1. The fraction of sp³-hybridized carbons (Fsp3) is 0.500. The number of carbonyl (C=O) groups is 1. The van der Waals surface area contributed by atoms with Crippen LogP contribution in [0.3, 0.4) is 0 Å². The minimum atomic E-state index is -0.645. The second kappa shape index (κ2) is 5.08. The second-order valence-corrected chi connectivity index (χ2v) is 5.21. The van der Waals surface area contributed by atoms with Crippen molar-refractivity contribution < 1.29 is 9.90 Å². The van der Waals surface area contributed by atoms with Crippen molar-refractivity contribution in [3.8, 4) is 0 Å². The first-order valence-corrected chi connectivity index (χ1v) is 6.31. The van der Waals surface area contributed by atoms with E-state index in [0.717, 1.165) is 5.56 Å². The smallest absolute Gasteiger partial charge is 0.244 e. The molecule has 0 aromatic heterocycles. The Morgan fingerprint density at radius 2 is 1.89 bits per heavy atom. The van der Waals surface area contributed by atoms with Gasteiger partial charge in [0, 0.05) is 13.1 Å². The molecule has 1 aliphatic rings. The van der Waals surface area contributed by atoms with Crippen LogP contribution in [0.15, 0.2) is 30.3 Å². The number of benzene rings is 1. The summed E-state index contributed by atoms with van der Waals surface area (Å²) in [6, 6.07) is 8.78. The summed E-state index contributed by atoms with van der Waals surface area (Å²) in [6.07, 6.45) is 1.22. The zero-order chi connectivity index (χ0) is 13.2. The van der Waals surface area contributed by atoms with Crippen LogP contribution in [-0.2, 0) is 4.79 Å². The molecule has 1 aromatic carbocycles. The van der Waals surface area contributed by atoms with Crippen molar-refractivity contribution in [1.29, 1.82) is 0 Å². The van der Waals surface area contributed by atoms with E-state index >= 15 is 0 Å². The molecule has 1 heterocycles. The zero-order valence-electron chi connectivity index (χ0n) is 10.7. The standard InChI is InChI=1S/C14H20N2O2/c1-14(18)7-9-16(10-8-14)13(17)12(15)11-5-3-2-4-6-11/h2-6,12,18H,7-10,15H2,1H3. The molecule has 1 aromatic rings. The molecule has 0 aliphatic carbocycles. The third-order valence-electron chi connectivity index (χ3n) is 3.58. The molecule has 0 radical (unpaired) electrons. The molecule has 1 aliphatic heterocycles. The molecule has 2 rings (SSSR count). The molecule has 1 saturated heterocycles. The Kier molecular flexibility index (Phi) is 3.68. The van der Waals surface area contributed by atoms with Crippen LogP contribution in [0.1, 0.15) is 31.4 Å². The van der Waals surface area contributed by atoms with Crippen LogP contribution in [0.25, 0.3) is 0 Å². The maximum Gasteiger partial charge on any atom is 0.244 e. The maximum absolute atomic E-state index is 12.2. The molecule has 98 valence electrons. The van der Waals surface area contributed by atoms with E-state index in [1.54, 1.807) is 4.90 Å². The summed E-state index contributed by atoms with van der Waals surface area (Å²) in [5.41, 5.74) is 6.17. The van der Waals surface area contributed by atoms with Gasteiger partial charge >= 0.3 is 0 Å². The zero-order valence-corrected chi connectivity index (χ0v) is 10.7. The van der Waals surface area contributed by atoms with Gasteiger partial charge in [-0.3, -0.25) is 4.79 Å². The lowest BCUT2D eigenvalue weighted by molar-refractivity contribution is -0.136. The summed E-state index contributed by atoms with van der Waals surface area (Å²) >= 11 is 0. The third-order valence-corrected chi connectivity index (χ3v) is 3.58. The van der Waals surface area contributed by atoms with Crippen molar-refractivity contribution in [2.45, 2.75) is 31.4 Å². The average molecular weight is 248 g/mol. The number of piperidine rings is 1. The number of carbonyl (C=O) groups excluding carboxylic acids is 1. The van der Waals surface area contributed by atoms with E-state index in [1.807, 2.05) is 37.3 Å². The van der Waals surface area contributed by atoms with E-state index in [4.69, 9.17) is 5.73 Å². The first-order valence-electron chi connectivity index (χ1n) is 6.31. The summed E-state index contributed by atoms with van der Waals surface area (Å²) < 4.78 is 0. The van der Waals surface area contributed by atoms with Crippen LogP contribution >= 0.6 is 0 Å². The van der Waals surface area contributed by atoms with Crippen LogP contribution < -0.4 is 5.73 Å². The molecule has 0 bridgehead atoms. The lowest BCUT2D eigenvalue weighted by Gasteiger charge is -2.36. The van der Waals surface area contributed by atoms with Gasteiger partial charge in [0.15, 0.2) is 0 Å². The monoisotopic (exact) mass is 248 g/mol. The lowest BCUT2D eigenvalue weighted by atomic mass is 9.93. The number of aliphatic hydroxyl groups is 1. The Morgan fingerprint density at radius 1 is 1.33 bits per heavy atom. The van der Waals surface area contributed by atoms with E-state index in [9.17, 15) is 9.90 Å². The summed E-state index contributed by atoms with van der Waals surface area (Å²) in [6.45, 7) is 2.96. The Morgan fingerprint density at radius 3 is 2.44 bits per heavy atom. The molecule has 0 saturated carbocycles. The molecule has 1 unspecified atom stereocenters. The second-order valence-electron chi connectivity index (χ2n) is 5.21. The van der Waals surface area contributed by atoms with Crippen LogP contribution in [0.4, 0.5) is 0 Å². The van der Waals surface area contributed by atoms with Crippen molar-refractivity contribution in [3.05, 3.63) is 35.9 Å². The number of nitrogens with zero attached hydrogens (tertiary/aromatic N) is 1. The Labute approximate surface area is 107 Å². The van der Waals surface area contributed by atoms with Gasteiger partial charge < -0.3 is 15.7 Å². The highest BCUT2D eigenvalue weighted by Gasteiger charge is 2.31. The molecule has 4 heteroatoms. The van der Waals surface area contributed by atoms with Gasteiger partial charge in [-0.05, 0) is 25.3 Å². The fourth-order valence-corrected chi connectivity index (χ4v) is 2.21. The molecule has 1 atom stereocenters. The number of amides is 1. The predicted molar refractivity (Wildman–Crippen MR) is 69.8 cm³/mol. The van der Waals surface area contributed by atoms with Gasteiger partial charge in [0.25, 0.3) is 0 Å². The molecule has 18 heavy (non-hydrogen) atoms. The highest BCUT2D eigenvalue weighted by atomic mass is 16.3. The first-order chi connectivity index (χ1) is 8.49. The summed E-state index contributed by atoms with van der Waals surface area (Å²) in [7, 11) is 0. The van der Waals surface area contributed by atoms with E-state index in [-0.39, 0.29) is 5.91 Å². The molecule has 4 nitrogen and oxygen atoms in total. The van der Waals surface area contributed by atoms with Crippen molar-refractivity contribution >= 4 is 5.91 Å². The number of rotatable bonds is 2. The average Bonchev–Trinajstić information content (AvgIpc) is 2.38. The molecule has 3 N–H and O–H groups in total. The minimum absolute atomic E-state index is 0.0586. The van der Waals surface area contributed by atoms with Gasteiger partial charge in [-0.25, -0.2) is 0 Å². The van der Waals surface area contributed by atoms with Gasteiger partial charge in [-0.15, -0.1) is 0 Å². The highest BCUT2D eigenvalue weighted by Crippen LogP contribution is 2.23. The molecule has 1 fully saturated rings. The molecule has 0 spiro atoms. The largest absolute Gasteiger partial charge is 0.390 e. The number of nitrogens with two attached hydrogens (primary N) is 1. The van der Waals surface area contributed by atoms with Crippen molar-refractivity contribution in [1.82, 2.24) is 4.90 Å². The van der Waals surface area contributed by atoms with Crippen molar-refractivity contribution in [2.75, 3.05) is 13.1 Å². The van der Waals surface area contributed by atoms with Gasteiger partial charge in [0.05, 0.1) is 5.60 Å². The van der Waals surface area contributed by atoms with Crippen molar-refractivity contribution in [2.24, 2.45) is 5.73 Å². The van der Waals surface area contributed by atoms with E-state index < -0.39 is 11.6 Å². The first kappa shape index (κ1) is 13.1. The topological polar surface area (TPSA) is 66.6 Å². The number of likely N-dealkylation sites (tertiary alicyclic amines) is 1. The van der Waals surface area contributed by atoms with E-state index in [2.05, 4.69) is 0 Å². The van der Waals surface area contributed by atoms with Crippen LogP contribution in [0, 0.1) is 0 Å². The third kappa shape index (κ3) is 2.89. The van der Waals surface area contributed by atoms with Crippen LogP contribution in [-0.4, -0.2) is 34.6 Å². The van der Waals surface area contributed by atoms with E-state index in [1.165, 1.54) is 0 Å². The van der Waals surface area contributed by atoms with Crippen molar-refractivity contribution in [3.63, 3.8) is 0 Å². The highest BCUT2D eigenvalue weighted by molar-refractivity contribution is 5.83. The minimum Gasteiger partial charge on any atom is -0.390 e. The molecular formula is C14H20N2O2. The Bertz CT molecular complexity index is 407. The quantitative estimate of drug-likeness (QED) is 0.822. The fourth-order valence-electron chi connectivity index (χ4n) is 2.21. The number of hydrogen-bond acceptors (Lipinski definition) is 3. The predicted octanol–water partition coefficient (Wildman–Crippen LogP) is 1.06. The molecular weight excluding hydrogens is 228 g/mol. The summed E-state index contributed by atoms with van der Waals surface area (Å²) in [5.74, 6) is -0.0586.